The highest BCUT2D eigenvalue weighted by atomic mass is 16.2. The first kappa shape index (κ1) is 17.2. The van der Waals surface area contributed by atoms with Crippen LogP contribution in [-0.4, -0.2) is 59.5 Å². The lowest BCUT2D eigenvalue weighted by atomic mass is 10.1. The van der Waals surface area contributed by atoms with Gasteiger partial charge in [0.25, 0.3) is 0 Å². The predicted octanol–water partition coefficient (Wildman–Crippen LogP) is 2.51. The van der Waals surface area contributed by atoms with Gasteiger partial charge >= 0.3 is 0 Å². The van der Waals surface area contributed by atoms with Gasteiger partial charge in [-0.1, -0.05) is 18.2 Å². The molecular weight excluding hydrogens is 324 g/mol. The number of para-hydroxylation sites is 1. The normalized spacial score (nSPS) is 21.3. The number of amides is 1. The first-order valence-electron chi connectivity index (χ1n) is 9.65. The van der Waals surface area contributed by atoms with E-state index in [0.717, 1.165) is 39.1 Å². The Labute approximate surface area is 155 Å². The molecular formula is C21H28N4O. The van der Waals surface area contributed by atoms with Crippen LogP contribution >= 0.6 is 0 Å². The Balaban J connectivity index is 1.33. The Morgan fingerprint density at radius 3 is 2.46 bits per heavy atom. The molecule has 0 bridgehead atoms. The molecule has 2 fully saturated rings. The number of benzene rings is 1. The molecule has 2 aliphatic heterocycles. The Morgan fingerprint density at radius 2 is 1.77 bits per heavy atom. The predicted molar refractivity (Wildman–Crippen MR) is 104 cm³/mol. The van der Waals surface area contributed by atoms with Gasteiger partial charge < -0.3 is 14.4 Å². The Morgan fingerprint density at radius 1 is 1.00 bits per heavy atom. The topological polar surface area (TPSA) is 31.7 Å². The zero-order valence-electron chi connectivity index (χ0n) is 15.6. The molecule has 1 unspecified atom stereocenters. The standard InChI is InChI=1S/C21H28N4O/c1-22-11-5-9-19(22)20-10-6-12-25(20)17-21(26)24-15-13-23(14-16-24)18-7-3-2-4-8-18/h2-5,7-9,11,20H,6,10,12-17H2,1H3. The number of carbonyl (C=O) groups is 1. The molecule has 1 aromatic carbocycles. The summed E-state index contributed by atoms with van der Waals surface area (Å²) >= 11 is 0. The molecule has 4 rings (SSSR count). The molecule has 0 spiro atoms. The van der Waals surface area contributed by atoms with Crippen LogP contribution in [-0.2, 0) is 11.8 Å². The monoisotopic (exact) mass is 352 g/mol. The molecule has 3 heterocycles. The molecule has 0 saturated carbocycles. The summed E-state index contributed by atoms with van der Waals surface area (Å²) in [6.45, 7) is 5.02. The molecule has 0 aliphatic carbocycles. The Kier molecular flexibility index (Phi) is 4.98. The van der Waals surface area contributed by atoms with Gasteiger partial charge in [-0.2, -0.15) is 0 Å². The second kappa shape index (κ2) is 7.54. The van der Waals surface area contributed by atoms with Crippen molar-refractivity contribution in [2.24, 2.45) is 7.05 Å². The van der Waals surface area contributed by atoms with E-state index in [2.05, 4.69) is 64.0 Å². The van der Waals surface area contributed by atoms with E-state index in [9.17, 15) is 4.79 Å². The maximum absolute atomic E-state index is 12.9. The van der Waals surface area contributed by atoms with Gasteiger partial charge in [0.2, 0.25) is 5.91 Å². The van der Waals surface area contributed by atoms with Gasteiger partial charge in [0, 0.05) is 50.8 Å². The van der Waals surface area contributed by atoms with E-state index in [-0.39, 0.29) is 5.91 Å². The second-order valence-electron chi connectivity index (χ2n) is 7.38. The van der Waals surface area contributed by atoms with Crippen molar-refractivity contribution in [3.05, 3.63) is 54.4 Å². The molecule has 5 heteroatoms. The van der Waals surface area contributed by atoms with Crippen LogP contribution in [0, 0.1) is 0 Å². The SMILES string of the molecule is Cn1cccc1C1CCCN1CC(=O)N1CCN(c2ccccc2)CC1. The summed E-state index contributed by atoms with van der Waals surface area (Å²) in [7, 11) is 2.09. The number of aryl methyl sites for hydroxylation is 1. The van der Waals surface area contributed by atoms with Crippen LogP contribution in [0.25, 0.3) is 0 Å². The largest absolute Gasteiger partial charge is 0.368 e. The second-order valence-corrected chi connectivity index (χ2v) is 7.38. The van der Waals surface area contributed by atoms with Gasteiger partial charge in [-0.25, -0.2) is 0 Å². The van der Waals surface area contributed by atoms with E-state index in [0.29, 0.717) is 12.6 Å². The summed E-state index contributed by atoms with van der Waals surface area (Å²) in [5, 5.41) is 0. The number of aromatic nitrogens is 1. The lowest BCUT2D eigenvalue weighted by Gasteiger charge is -2.37. The highest BCUT2D eigenvalue weighted by Gasteiger charge is 2.31. The number of piperazine rings is 1. The van der Waals surface area contributed by atoms with Gasteiger partial charge in [-0.15, -0.1) is 0 Å². The van der Waals surface area contributed by atoms with Gasteiger partial charge in [0.15, 0.2) is 0 Å². The molecule has 2 saturated heterocycles. The van der Waals surface area contributed by atoms with Crippen molar-refractivity contribution in [2.75, 3.05) is 44.2 Å². The fraction of sp³-hybridized carbons (Fsp3) is 0.476. The van der Waals surface area contributed by atoms with Crippen LogP contribution in [0.3, 0.4) is 0 Å². The van der Waals surface area contributed by atoms with Crippen molar-refractivity contribution >= 4 is 11.6 Å². The Bertz CT molecular complexity index is 733. The van der Waals surface area contributed by atoms with E-state index < -0.39 is 0 Å². The van der Waals surface area contributed by atoms with Crippen molar-refractivity contribution < 1.29 is 4.79 Å². The third-order valence-corrected chi connectivity index (χ3v) is 5.78. The van der Waals surface area contributed by atoms with Crippen LogP contribution < -0.4 is 4.90 Å². The molecule has 1 aromatic heterocycles. The average Bonchev–Trinajstić information content (AvgIpc) is 3.31. The molecule has 0 radical (unpaired) electrons. The lowest BCUT2D eigenvalue weighted by Crippen LogP contribution is -2.51. The van der Waals surface area contributed by atoms with Crippen molar-refractivity contribution in [1.29, 1.82) is 0 Å². The van der Waals surface area contributed by atoms with Crippen LogP contribution in [0.15, 0.2) is 48.7 Å². The van der Waals surface area contributed by atoms with E-state index in [4.69, 9.17) is 0 Å². The van der Waals surface area contributed by atoms with Gasteiger partial charge in [-0.05, 0) is 43.7 Å². The summed E-state index contributed by atoms with van der Waals surface area (Å²) in [4.78, 5) is 19.6. The fourth-order valence-corrected chi connectivity index (χ4v) is 4.30. The van der Waals surface area contributed by atoms with E-state index >= 15 is 0 Å². The number of rotatable bonds is 4. The number of carbonyl (C=O) groups excluding carboxylic acids is 1. The highest BCUT2D eigenvalue weighted by molar-refractivity contribution is 5.78. The van der Waals surface area contributed by atoms with Crippen LogP contribution in [0.5, 0.6) is 0 Å². The van der Waals surface area contributed by atoms with Gasteiger partial charge in [-0.3, -0.25) is 9.69 Å². The summed E-state index contributed by atoms with van der Waals surface area (Å²) in [5.74, 6) is 0.277. The summed E-state index contributed by atoms with van der Waals surface area (Å²) < 4.78 is 2.19. The summed E-state index contributed by atoms with van der Waals surface area (Å²) in [6.07, 6.45) is 4.41. The lowest BCUT2D eigenvalue weighted by molar-refractivity contribution is -0.133. The molecule has 0 N–H and O–H groups in total. The molecule has 5 nitrogen and oxygen atoms in total. The third kappa shape index (κ3) is 3.49. The first-order chi connectivity index (χ1) is 12.7. The maximum atomic E-state index is 12.9. The number of anilines is 1. The number of hydrogen-bond acceptors (Lipinski definition) is 3. The van der Waals surface area contributed by atoms with Crippen molar-refractivity contribution in [3.63, 3.8) is 0 Å². The van der Waals surface area contributed by atoms with E-state index in [1.54, 1.807) is 0 Å². The fourth-order valence-electron chi connectivity index (χ4n) is 4.30. The summed E-state index contributed by atoms with van der Waals surface area (Å²) in [5.41, 5.74) is 2.58. The van der Waals surface area contributed by atoms with Crippen LogP contribution in [0.4, 0.5) is 5.69 Å². The average molecular weight is 352 g/mol. The highest BCUT2D eigenvalue weighted by Crippen LogP contribution is 2.31. The molecule has 26 heavy (non-hydrogen) atoms. The van der Waals surface area contributed by atoms with E-state index in [1.165, 1.54) is 17.8 Å². The molecule has 138 valence electrons. The number of nitrogens with zero attached hydrogens (tertiary/aromatic N) is 4. The minimum Gasteiger partial charge on any atom is -0.368 e. The van der Waals surface area contributed by atoms with Crippen LogP contribution in [0.2, 0.25) is 0 Å². The summed E-state index contributed by atoms with van der Waals surface area (Å²) in [6, 6.07) is 15.1. The van der Waals surface area contributed by atoms with Crippen molar-refractivity contribution in [1.82, 2.24) is 14.4 Å². The Hall–Kier alpha value is -2.27. The number of hydrogen-bond donors (Lipinski definition) is 0. The minimum atomic E-state index is 0.277. The third-order valence-electron chi connectivity index (χ3n) is 5.78. The smallest absolute Gasteiger partial charge is 0.236 e. The zero-order chi connectivity index (χ0) is 17.9. The molecule has 2 aliphatic rings. The first-order valence-corrected chi connectivity index (χ1v) is 9.65. The minimum absolute atomic E-state index is 0.277. The maximum Gasteiger partial charge on any atom is 0.236 e. The van der Waals surface area contributed by atoms with Gasteiger partial charge in [0.05, 0.1) is 12.6 Å². The van der Waals surface area contributed by atoms with Crippen LogP contribution in [0.1, 0.15) is 24.6 Å². The van der Waals surface area contributed by atoms with Crippen molar-refractivity contribution in [2.45, 2.75) is 18.9 Å². The van der Waals surface area contributed by atoms with E-state index in [1.807, 2.05) is 11.0 Å². The molecule has 2 aromatic rings. The van der Waals surface area contributed by atoms with Crippen molar-refractivity contribution in [3.8, 4) is 0 Å². The number of likely N-dealkylation sites (tertiary alicyclic amines) is 1. The van der Waals surface area contributed by atoms with Gasteiger partial charge in [0.1, 0.15) is 0 Å². The molecule has 1 amide bonds. The molecule has 1 atom stereocenters. The quantitative estimate of drug-likeness (QED) is 0.847. The zero-order valence-corrected chi connectivity index (χ0v) is 15.6.